The number of ether oxygens (including phenoxy) is 1. The van der Waals surface area contributed by atoms with Crippen molar-refractivity contribution in [3.8, 4) is 0 Å². The maximum absolute atomic E-state index is 13.4. The van der Waals surface area contributed by atoms with Crippen LogP contribution in [0.5, 0.6) is 0 Å². The van der Waals surface area contributed by atoms with Crippen LogP contribution >= 0.6 is 0 Å². The summed E-state index contributed by atoms with van der Waals surface area (Å²) in [6.45, 7) is 0.435. The zero-order valence-corrected chi connectivity index (χ0v) is 10.2. The van der Waals surface area contributed by atoms with Crippen molar-refractivity contribution in [2.24, 2.45) is 0 Å². The van der Waals surface area contributed by atoms with E-state index >= 15 is 0 Å². The number of anilines is 1. The summed E-state index contributed by atoms with van der Waals surface area (Å²) in [5.74, 6) is -1.34. The number of aliphatic hydroxyl groups is 1. The predicted molar refractivity (Wildman–Crippen MR) is 66.6 cm³/mol. The Bertz CT molecular complexity index is 396. The van der Waals surface area contributed by atoms with Crippen LogP contribution in [0, 0.1) is 5.82 Å². The van der Waals surface area contributed by atoms with E-state index in [2.05, 4.69) is 0 Å². The molecule has 0 saturated carbocycles. The average molecular weight is 255 g/mol. The van der Waals surface area contributed by atoms with E-state index in [-0.39, 0.29) is 24.5 Å². The molecule has 0 unspecified atom stereocenters. The number of benzene rings is 1. The molecule has 4 nitrogen and oxygen atoms in total. The number of carbonyl (C=O) groups is 1. The van der Waals surface area contributed by atoms with Crippen molar-refractivity contribution < 1.29 is 19.0 Å². The van der Waals surface area contributed by atoms with Gasteiger partial charge in [0.05, 0.1) is 12.2 Å². The van der Waals surface area contributed by atoms with Gasteiger partial charge in [-0.3, -0.25) is 0 Å². The first-order valence-corrected chi connectivity index (χ1v) is 5.98. The first-order chi connectivity index (χ1) is 8.65. The lowest BCUT2D eigenvalue weighted by atomic mass is 10.2. The van der Waals surface area contributed by atoms with Crippen LogP contribution in [0.25, 0.3) is 0 Å². The summed E-state index contributed by atoms with van der Waals surface area (Å²) in [4.78, 5) is 11.5. The molecule has 1 aromatic rings. The van der Waals surface area contributed by atoms with E-state index in [1.807, 2.05) is 0 Å². The molecule has 0 amide bonds. The Morgan fingerprint density at radius 2 is 2.00 bits per heavy atom. The summed E-state index contributed by atoms with van der Waals surface area (Å²) in [5, 5.41) is 8.58. The fourth-order valence-corrected chi connectivity index (χ4v) is 1.51. The van der Waals surface area contributed by atoms with Gasteiger partial charge < -0.3 is 15.6 Å². The van der Waals surface area contributed by atoms with Crippen LogP contribution in [0.3, 0.4) is 0 Å². The van der Waals surface area contributed by atoms with Crippen molar-refractivity contribution in [1.29, 1.82) is 0 Å². The SMILES string of the molecule is Nc1ccc(C(=O)OCCCCCCO)c(F)c1. The van der Waals surface area contributed by atoms with Crippen LogP contribution in [-0.4, -0.2) is 24.3 Å². The third kappa shape index (κ3) is 4.71. The molecule has 0 atom stereocenters. The van der Waals surface area contributed by atoms with Crippen LogP contribution in [0.1, 0.15) is 36.0 Å². The minimum absolute atomic E-state index is 0.0976. The molecule has 0 aliphatic heterocycles. The molecule has 3 N–H and O–H groups in total. The average Bonchev–Trinajstić information content (AvgIpc) is 2.33. The number of nitrogen functional groups attached to an aromatic ring is 1. The van der Waals surface area contributed by atoms with Crippen LogP contribution in [-0.2, 0) is 4.74 Å². The zero-order chi connectivity index (χ0) is 13.4. The Kier molecular flexibility index (Phi) is 6.14. The summed E-state index contributed by atoms with van der Waals surface area (Å²) >= 11 is 0. The van der Waals surface area contributed by atoms with Gasteiger partial charge in [0, 0.05) is 12.3 Å². The summed E-state index contributed by atoms with van der Waals surface area (Å²) in [6.07, 6.45) is 3.23. The molecule has 18 heavy (non-hydrogen) atoms. The normalized spacial score (nSPS) is 10.3. The summed E-state index contributed by atoms with van der Waals surface area (Å²) in [6, 6.07) is 3.87. The molecule has 100 valence electrons. The molecule has 0 fully saturated rings. The van der Waals surface area contributed by atoms with Crippen LogP contribution < -0.4 is 5.73 Å². The van der Waals surface area contributed by atoms with Gasteiger partial charge in [0.2, 0.25) is 0 Å². The first-order valence-electron chi connectivity index (χ1n) is 5.98. The van der Waals surface area contributed by atoms with Crippen molar-refractivity contribution in [2.45, 2.75) is 25.7 Å². The molecule has 0 aliphatic carbocycles. The highest BCUT2D eigenvalue weighted by Gasteiger charge is 2.12. The fourth-order valence-electron chi connectivity index (χ4n) is 1.51. The number of hydrogen-bond donors (Lipinski definition) is 2. The Labute approximate surface area is 106 Å². The van der Waals surface area contributed by atoms with Gasteiger partial charge in [-0.15, -0.1) is 0 Å². The lowest BCUT2D eigenvalue weighted by Gasteiger charge is -2.06. The van der Waals surface area contributed by atoms with E-state index in [1.54, 1.807) is 0 Å². The van der Waals surface area contributed by atoms with E-state index in [1.165, 1.54) is 12.1 Å². The van der Waals surface area contributed by atoms with Crippen molar-refractivity contribution in [2.75, 3.05) is 18.9 Å². The molecule has 1 rings (SSSR count). The first kappa shape index (κ1) is 14.4. The summed E-state index contributed by atoms with van der Waals surface area (Å²) in [5.41, 5.74) is 5.56. The van der Waals surface area contributed by atoms with Crippen LogP contribution in [0.2, 0.25) is 0 Å². The van der Waals surface area contributed by atoms with Crippen molar-refractivity contribution in [3.05, 3.63) is 29.6 Å². The lowest BCUT2D eigenvalue weighted by molar-refractivity contribution is 0.0492. The number of unbranched alkanes of at least 4 members (excludes halogenated alkanes) is 3. The van der Waals surface area contributed by atoms with Gasteiger partial charge in [-0.25, -0.2) is 9.18 Å². The largest absolute Gasteiger partial charge is 0.462 e. The van der Waals surface area contributed by atoms with Gasteiger partial charge in [0.15, 0.2) is 0 Å². The second kappa shape index (κ2) is 7.66. The van der Waals surface area contributed by atoms with E-state index < -0.39 is 11.8 Å². The molecule has 0 bridgehead atoms. The Morgan fingerprint density at radius 1 is 1.28 bits per heavy atom. The van der Waals surface area contributed by atoms with E-state index in [0.717, 1.165) is 25.3 Å². The summed E-state index contributed by atoms with van der Waals surface area (Å²) < 4.78 is 18.3. The predicted octanol–water partition coefficient (Wildman–Crippen LogP) is 2.12. The monoisotopic (exact) mass is 255 g/mol. The number of aliphatic hydroxyl groups excluding tert-OH is 1. The van der Waals surface area contributed by atoms with Gasteiger partial charge in [-0.2, -0.15) is 0 Å². The van der Waals surface area contributed by atoms with Gasteiger partial charge >= 0.3 is 5.97 Å². The second-order valence-electron chi connectivity index (χ2n) is 4.01. The number of nitrogens with two attached hydrogens (primary N) is 1. The number of halogens is 1. The minimum atomic E-state index is -0.672. The maximum Gasteiger partial charge on any atom is 0.341 e. The van der Waals surface area contributed by atoms with Crippen LogP contribution in [0.4, 0.5) is 10.1 Å². The highest BCUT2D eigenvalue weighted by atomic mass is 19.1. The topological polar surface area (TPSA) is 72.6 Å². The Morgan fingerprint density at radius 3 is 2.67 bits per heavy atom. The minimum Gasteiger partial charge on any atom is -0.462 e. The number of carbonyl (C=O) groups excluding carboxylic acids is 1. The molecular weight excluding hydrogens is 237 g/mol. The summed E-state index contributed by atoms with van der Waals surface area (Å²) in [7, 11) is 0. The molecule has 0 aliphatic rings. The van der Waals surface area contributed by atoms with Gasteiger partial charge in [0.1, 0.15) is 5.82 Å². The molecule has 1 aromatic carbocycles. The molecule has 0 radical (unpaired) electrons. The Balaban J connectivity index is 2.32. The fraction of sp³-hybridized carbons (Fsp3) is 0.462. The lowest BCUT2D eigenvalue weighted by Crippen LogP contribution is -2.09. The highest BCUT2D eigenvalue weighted by Crippen LogP contribution is 2.13. The van der Waals surface area contributed by atoms with E-state index in [0.29, 0.717) is 6.42 Å². The zero-order valence-electron chi connectivity index (χ0n) is 10.2. The van der Waals surface area contributed by atoms with Crippen molar-refractivity contribution in [3.63, 3.8) is 0 Å². The number of hydrogen-bond acceptors (Lipinski definition) is 4. The standard InChI is InChI=1S/C13H18FNO3/c14-12-9-10(15)5-6-11(12)13(17)18-8-4-2-1-3-7-16/h5-6,9,16H,1-4,7-8,15H2. The van der Waals surface area contributed by atoms with E-state index in [9.17, 15) is 9.18 Å². The van der Waals surface area contributed by atoms with E-state index in [4.69, 9.17) is 15.6 Å². The van der Waals surface area contributed by atoms with Crippen molar-refractivity contribution in [1.82, 2.24) is 0 Å². The molecular formula is C13H18FNO3. The van der Waals surface area contributed by atoms with Gasteiger partial charge in [0.25, 0.3) is 0 Å². The highest BCUT2D eigenvalue weighted by molar-refractivity contribution is 5.90. The van der Waals surface area contributed by atoms with Gasteiger partial charge in [-0.05, 0) is 37.5 Å². The quantitative estimate of drug-likeness (QED) is 0.444. The number of esters is 1. The van der Waals surface area contributed by atoms with Crippen molar-refractivity contribution >= 4 is 11.7 Å². The molecule has 0 heterocycles. The number of rotatable bonds is 7. The maximum atomic E-state index is 13.4. The van der Waals surface area contributed by atoms with Gasteiger partial charge in [-0.1, -0.05) is 6.42 Å². The van der Waals surface area contributed by atoms with Crippen LogP contribution in [0.15, 0.2) is 18.2 Å². The molecule has 0 aromatic heterocycles. The molecule has 5 heteroatoms. The smallest absolute Gasteiger partial charge is 0.341 e. The Hall–Kier alpha value is -1.62. The third-order valence-electron chi connectivity index (χ3n) is 2.50. The third-order valence-corrected chi connectivity index (χ3v) is 2.50. The second-order valence-corrected chi connectivity index (χ2v) is 4.01. The molecule has 0 saturated heterocycles. The molecule has 0 spiro atoms.